The van der Waals surface area contributed by atoms with Gasteiger partial charge >= 0.3 is 0 Å². The second-order valence-electron chi connectivity index (χ2n) is 5.56. The summed E-state index contributed by atoms with van der Waals surface area (Å²) in [5, 5.41) is 3.13. The van der Waals surface area contributed by atoms with Gasteiger partial charge in [0.15, 0.2) is 0 Å². The smallest absolute Gasteiger partial charge is 0.261 e. The number of hydrogen-bond donors (Lipinski definition) is 1. The zero-order chi connectivity index (χ0) is 15.4. The lowest BCUT2D eigenvalue weighted by molar-refractivity contribution is 0.0929. The van der Waals surface area contributed by atoms with Crippen LogP contribution in [-0.2, 0) is 17.6 Å². The van der Waals surface area contributed by atoms with Crippen molar-refractivity contribution in [1.82, 2.24) is 10.3 Å². The molecule has 1 fully saturated rings. The molecule has 116 valence electrons. The summed E-state index contributed by atoms with van der Waals surface area (Å²) in [5.74, 6) is 0.330. The number of pyridine rings is 1. The van der Waals surface area contributed by atoms with Crippen molar-refractivity contribution in [2.75, 3.05) is 13.2 Å². The van der Waals surface area contributed by atoms with E-state index in [4.69, 9.17) is 4.74 Å². The van der Waals surface area contributed by atoms with Crippen molar-refractivity contribution in [2.45, 2.75) is 25.8 Å². The Kier molecular flexibility index (Phi) is 4.85. The van der Waals surface area contributed by atoms with Crippen molar-refractivity contribution in [3.8, 4) is 0 Å². The van der Waals surface area contributed by atoms with E-state index in [0.717, 1.165) is 17.7 Å². The summed E-state index contributed by atoms with van der Waals surface area (Å²) < 4.78 is 5.58. The van der Waals surface area contributed by atoms with Crippen LogP contribution in [0, 0.1) is 5.92 Å². The van der Waals surface area contributed by atoms with Gasteiger partial charge in [-0.3, -0.25) is 9.78 Å². The molecule has 3 rings (SSSR count). The van der Waals surface area contributed by atoms with Gasteiger partial charge in [0.2, 0.25) is 0 Å². The van der Waals surface area contributed by atoms with Crippen molar-refractivity contribution < 1.29 is 9.53 Å². The van der Waals surface area contributed by atoms with Crippen LogP contribution in [0.25, 0.3) is 0 Å². The molecule has 1 N–H and O–H groups in total. The van der Waals surface area contributed by atoms with Crippen molar-refractivity contribution in [1.29, 1.82) is 0 Å². The summed E-state index contributed by atoms with van der Waals surface area (Å²) >= 11 is 1.57. The molecule has 1 amide bonds. The molecule has 0 bridgehead atoms. The number of thiophene rings is 1. The van der Waals surface area contributed by atoms with Gasteiger partial charge in [-0.1, -0.05) is 6.92 Å². The number of nitrogens with zero attached hydrogens (tertiary/aromatic N) is 1. The van der Waals surface area contributed by atoms with Gasteiger partial charge in [-0.05, 0) is 42.7 Å². The summed E-state index contributed by atoms with van der Waals surface area (Å²) in [7, 11) is 0. The van der Waals surface area contributed by atoms with Crippen LogP contribution in [0.5, 0.6) is 0 Å². The number of carbonyl (C=O) groups excluding carboxylic acids is 1. The minimum absolute atomic E-state index is 0.0138. The van der Waals surface area contributed by atoms with E-state index in [-0.39, 0.29) is 11.9 Å². The second-order valence-corrected chi connectivity index (χ2v) is 6.72. The molecule has 0 aromatic carbocycles. The average Bonchev–Trinajstić information content (AvgIpc) is 3.18. The molecule has 5 heteroatoms. The molecule has 22 heavy (non-hydrogen) atoms. The number of ether oxygens (including phenoxy) is 1. The maximum Gasteiger partial charge on any atom is 0.261 e. The Morgan fingerprint density at radius 1 is 1.32 bits per heavy atom. The quantitative estimate of drug-likeness (QED) is 0.923. The fourth-order valence-electron chi connectivity index (χ4n) is 2.71. The Morgan fingerprint density at radius 3 is 2.86 bits per heavy atom. The monoisotopic (exact) mass is 316 g/mol. The highest BCUT2D eigenvalue weighted by Gasteiger charge is 2.30. The fourth-order valence-corrected chi connectivity index (χ4v) is 3.56. The summed E-state index contributed by atoms with van der Waals surface area (Å²) in [6.07, 6.45) is 5.47. The summed E-state index contributed by atoms with van der Waals surface area (Å²) in [6, 6.07) is 8.05. The van der Waals surface area contributed by atoms with Gasteiger partial charge in [0.25, 0.3) is 5.91 Å². The van der Waals surface area contributed by atoms with E-state index in [2.05, 4.69) is 17.2 Å². The fraction of sp³-hybridized carbons (Fsp3) is 0.412. The van der Waals surface area contributed by atoms with Gasteiger partial charge in [-0.25, -0.2) is 0 Å². The highest BCUT2D eigenvalue weighted by molar-refractivity contribution is 7.14. The summed E-state index contributed by atoms with van der Waals surface area (Å²) in [6.45, 7) is 3.38. The van der Waals surface area contributed by atoms with Gasteiger partial charge < -0.3 is 10.1 Å². The minimum atomic E-state index is 0.0138. The Hall–Kier alpha value is -1.72. The highest BCUT2D eigenvalue weighted by atomic mass is 32.1. The van der Waals surface area contributed by atoms with Crippen molar-refractivity contribution in [2.24, 2.45) is 5.92 Å². The standard InChI is InChI=1S/C17H20N2O2S/c1-2-14-3-4-16(22-14)17(20)19-15-11-21-10-13(15)9-12-5-7-18-8-6-12/h3-8,13,15H,2,9-11H2,1H3,(H,19,20)/t13-,15-/m1/s1. The number of amides is 1. The number of rotatable bonds is 5. The zero-order valence-corrected chi connectivity index (χ0v) is 13.4. The third-order valence-corrected chi connectivity index (χ3v) is 5.22. The number of aromatic nitrogens is 1. The van der Waals surface area contributed by atoms with Crippen molar-refractivity contribution in [3.05, 3.63) is 52.0 Å². The van der Waals surface area contributed by atoms with E-state index in [1.54, 1.807) is 23.7 Å². The molecular weight excluding hydrogens is 296 g/mol. The third-order valence-electron chi connectivity index (χ3n) is 4.00. The van der Waals surface area contributed by atoms with E-state index >= 15 is 0 Å². The first-order valence-corrected chi connectivity index (χ1v) is 8.44. The Balaban J connectivity index is 1.62. The van der Waals surface area contributed by atoms with Gasteiger partial charge in [-0.2, -0.15) is 0 Å². The maximum absolute atomic E-state index is 12.4. The van der Waals surface area contributed by atoms with Crippen LogP contribution in [0.2, 0.25) is 0 Å². The van der Waals surface area contributed by atoms with E-state index in [9.17, 15) is 4.79 Å². The Morgan fingerprint density at radius 2 is 2.14 bits per heavy atom. The van der Waals surface area contributed by atoms with Crippen LogP contribution in [0.3, 0.4) is 0 Å². The highest BCUT2D eigenvalue weighted by Crippen LogP contribution is 2.21. The Bertz CT molecular complexity index is 627. The first kappa shape index (κ1) is 15.2. The molecule has 2 atom stereocenters. The minimum Gasteiger partial charge on any atom is -0.379 e. The lowest BCUT2D eigenvalue weighted by atomic mass is 9.95. The topological polar surface area (TPSA) is 51.2 Å². The van der Waals surface area contributed by atoms with Crippen molar-refractivity contribution >= 4 is 17.2 Å². The van der Waals surface area contributed by atoms with Crippen LogP contribution < -0.4 is 5.32 Å². The molecule has 0 aliphatic carbocycles. The van der Waals surface area contributed by atoms with E-state index in [1.165, 1.54) is 10.4 Å². The molecule has 1 aliphatic heterocycles. The number of nitrogens with one attached hydrogen (secondary N) is 1. The van der Waals surface area contributed by atoms with Crippen molar-refractivity contribution in [3.63, 3.8) is 0 Å². The molecule has 1 saturated heterocycles. The van der Waals surface area contributed by atoms with Crippen LogP contribution in [0.4, 0.5) is 0 Å². The largest absolute Gasteiger partial charge is 0.379 e. The normalized spacial score (nSPS) is 21.0. The first-order valence-electron chi connectivity index (χ1n) is 7.62. The van der Waals surface area contributed by atoms with Crippen LogP contribution >= 0.6 is 11.3 Å². The molecular formula is C17H20N2O2S. The Labute approximate surface area is 134 Å². The number of aryl methyl sites for hydroxylation is 1. The molecule has 2 aromatic heterocycles. The van der Waals surface area contributed by atoms with Crippen LogP contribution in [-0.4, -0.2) is 30.1 Å². The number of carbonyl (C=O) groups is 1. The lowest BCUT2D eigenvalue weighted by Gasteiger charge is -2.18. The van der Waals surface area contributed by atoms with Gasteiger partial charge in [-0.15, -0.1) is 11.3 Å². The molecule has 0 spiro atoms. The summed E-state index contributed by atoms with van der Waals surface area (Å²) in [4.78, 5) is 18.4. The van der Waals surface area contributed by atoms with E-state index in [0.29, 0.717) is 19.1 Å². The van der Waals surface area contributed by atoms with Crippen LogP contribution in [0.15, 0.2) is 36.7 Å². The predicted molar refractivity (Wildman–Crippen MR) is 87.2 cm³/mol. The molecule has 2 aromatic rings. The zero-order valence-electron chi connectivity index (χ0n) is 12.6. The van der Waals surface area contributed by atoms with Gasteiger partial charge in [0.1, 0.15) is 0 Å². The second kappa shape index (κ2) is 7.03. The lowest BCUT2D eigenvalue weighted by Crippen LogP contribution is -2.40. The number of hydrogen-bond acceptors (Lipinski definition) is 4. The van der Waals surface area contributed by atoms with Gasteiger partial charge in [0.05, 0.1) is 24.1 Å². The molecule has 3 heterocycles. The molecule has 0 saturated carbocycles. The van der Waals surface area contributed by atoms with Gasteiger partial charge in [0, 0.05) is 23.2 Å². The first-order chi connectivity index (χ1) is 10.8. The average molecular weight is 316 g/mol. The molecule has 0 unspecified atom stereocenters. The summed E-state index contributed by atoms with van der Waals surface area (Å²) in [5.41, 5.74) is 1.23. The maximum atomic E-state index is 12.4. The van der Waals surface area contributed by atoms with E-state index in [1.807, 2.05) is 24.3 Å². The van der Waals surface area contributed by atoms with Crippen LogP contribution in [0.1, 0.15) is 27.0 Å². The third kappa shape index (κ3) is 3.54. The SMILES string of the molecule is CCc1ccc(C(=O)N[C@@H]2COC[C@H]2Cc2ccncc2)s1. The molecule has 1 aliphatic rings. The van der Waals surface area contributed by atoms with E-state index < -0.39 is 0 Å². The predicted octanol–water partition coefficient (Wildman–Crippen LogP) is 2.69. The molecule has 4 nitrogen and oxygen atoms in total. The molecule has 0 radical (unpaired) electrons.